The number of nitrogens with zero attached hydrogens (tertiary/aromatic N) is 1. The molecule has 0 aromatic heterocycles. The number of hydrogen-bond donors (Lipinski definition) is 1. The molecule has 1 aliphatic heterocycles. The van der Waals surface area contributed by atoms with E-state index in [1.807, 2.05) is 0 Å². The van der Waals surface area contributed by atoms with E-state index in [-0.39, 0.29) is 6.54 Å². The van der Waals surface area contributed by atoms with Crippen LogP contribution >= 0.6 is 0 Å². The highest BCUT2D eigenvalue weighted by atomic mass is 19.4. The van der Waals surface area contributed by atoms with E-state index in [1.54, 1.807) is 6.92 Å². The molecule has 0 spiro atoms. The first-order chi connectivity index (χ1) is 6.32. The Morgan fingerprint density at radius 1 is 1.43 bits per heavy atom. The van der Waals surface area contributed by atoms with Gasteiger partial charge < -0.3 is 10.0 Å². The van der Waals surface area contributed by atoms with Crippen molar-refractivity contribution in [3.63, 3.8) is 0 Å². The van der Waals surface area contributed by atoms with Crippen molar-refractivity contribution in [1.82, 2.24) is 4.90 Å². The Hall–Kier alpha value is -0.780. The molecule has 1 heterocycles. The second kappa shape index (κ2) is 3.76. The summed E-state index contributed by atoms with van der Waals surface area (Å²) in [7, 11) is 0. The van der Waals surface area contributed by atoms with Crippen LogP contribution in [-0.4, -0.2) is 40.8 Å². The lowest BCUT2D eigenvalue weighted by atomic mass is 10.0. The van der Waals surface area contributed by atoms with E-state index in [0.29, 0.717) is 17.7 Å². The number of rotatable bonds is 0. The van der Waals surface area contributed by atoms with Crippen LogP contribution in [0.4, 0.5) is 13.2 Å². The molecule has 3 nitrogen and oxygen atoms in total. The smallest absolute Gasteiger partial charge is 0.391 e. The lowest BCUT2D eigenvalue weighted by Gasteiger charge is -2.36. The SMILES string of the molecule is C[C@H]1CC[C@H](O)CN1C(=O)C(F)(F)F. The Morgan fingerprint density at radius 2 is 2.00 bits per heavy atom. The van der Waals surface area contributed by atoms with Crippen molar-refractivity contribution in [2.45, 2.75) is 38.1 Å². The number of piperidine rings is 1. The summed E-state index contributed by atoms with van der Waals surface area (Å²) in [4.78, 5) is 11.6. The Kier molecular flexibility index (Phi) is 3.04. The molecule has 1 N–H and O–H groups in total. The topological polar surface area (TPSA) is 40.5 Å². The van der Waals surface area contributed by atoms with Gasteiger partial charge in [0.2, 0.25) is 0 Å². The van der Waals surface area contributed by atoms with Gasteiger partial charge in [0.05, 0.1) is 6.10 Å². The van der Waals surface area contributed by atoms with E-state index in [2.05, 4.69) is 0 Å². The summed E-state index contributed by atoms with van der Waals surface area (Å²) in [5.74, 6) is -1.86. The zero-order chi connectivity index (χ0) is 10.9. The van der Waals surface area contributed by atoms with E-state index < -0.39 is 24.2 Å². The molecule has 0 saturated carbocycles. The van der Waals surface area contributed by atoms with Crippen LogP contribution in [0.15, 0.2) is 0 Å². The van der Waals surface area contributed by atoms with Gasteiger partial charge in [-0.15, -0.1) is 0 Å². The number of β-amino-alcohol motifs (C(OH)–C–C–N with tert-alkyl or cyclic N) is 1. The number of carbonyl (C=O) groups excluding carboxylic acids is 1. The maximum atomic E-state index is 12.1. The molecule has 1 amide bonds. The van der Waals surface area contributed by atoms with Crippen molar-refractivity contribution in [2.24, 2.45) is 0 Å². The van der Waals surface area contributed by atoms with E-state index >= 15 is 0 Å². The molecule has 0 bridgehead atoms. The minimum atomic E-state index is -4.84. The summed E-state index contributed by atoms with van der Waals surface area (Å²) in [6.07, 6.45) is -4.82. The van der Waals surface area contributed by atoms with Gasteiger partial charge in [0.15, 0.2) is 0 Å². The van der Waals surface area contributed by atoms with Crippen molar-refractivity contribution in [1.29, 1.82) is 0 Å². The molecule has 2 atom stereocenters. The van der Waals surface area contributed by atoms with Crippen LogP contribution in [0.5, 0.6) is 0 Å². The van der Waals surface area contributed by atoms with Crippen LogP contribution in [0.2, 0.25) is 0 Å². The van der Waals surface area contributed by atoms with Gasteiger partial charge in [-0.25, -0.2) is 0 Å². The van der Waals surface area contributed by atoms with E-state index in [0.717, 1.165) is 0 Å². The van der Waals surface area contributed by atoms with Crippen LogP contribution in [0.3, 0.4) is 0 Å². The van der Waals surface area contributed by atoms with Crippen molar-refractivity contribution < 1.29 is 23.1 Å². The molecule has 1 fully saturated rings. The summed E-state index contributed by atoms with van der Waals surface area (Å²) in [6, 6.07) is -0.451. The third-order valence-corrected chi connectivity index (χ3v) is 2.36. The summed E-state index contributed by atoms with van der Waals surface area (Å²) >= 11 is 0. The zero-order valence-corrected chi connectivity index (χ0v) is 7.71. The lowest BCUT2D eigenvalue weighted by Crippen LogP contribution is -2.52. The highest BCUT2D eigenvalue weighted by Gasteiger charge is 2.45. The molecule has 0 aromatic rings. The number of aliphatic hydroxyl groups excluding tert-OH is 1. The zero-order valence-electron chi connectivity index (χ0n) is 7.71. The average molecular weight is 211 g/mol. The Labute approximate surface area is 79.5 Å². The van der Waals surface area contributed by atoms with E-state index in [4.69, 9.17) is 5.11 Å². The predicted octanol–water partition coefficient (Wildman–Crippen LogP) is 0.921. The van der Waals surface area contributed by atoms with Gasteiger partial charge >= 0.3 is 12.1 Å². The third-order valence-electron chi connectivity index (χ3n) is 2.36. The normalized spacial score (nSPS) is 29.1. The van der Waals surface area contributed by atoms with Crippen LogP contribution in [0, 0.1) is 0 Å². The Bertz CT molecular complexity index is 229. The van der Waals surface area contributed by atoms with Gasteiger partial charge in [0, 0.05) is 12.6 Å². The standard InChI is InChI=1S/C8H12F3NO2/c1-5-2-3-6(13)4-12(5)7(14)8(9,10)11/h5-6,13H,2-4H2,1H3/t5-,6-/m0/s1. The fourth-order valence-corrected chi connectivity index (χ4v) is 1.53. The third kappa shape index (κ3) is 2.37. The van der Waals surface area contributed by atoms with Gasteiger partial charge in [-0.3, -0.25) is 4.79 Å². The number of amides is 1. The Morgan fingerprint density at radius 3 is 2.50 bits per heavy atom. The van der Waals surface area contributed by atoms with Crippen LogP contribution < -0.4 is 0 Å². The number of aliphatic hydroxyl groups is 1. The first-order valence-electron chi connectivity index (χ1n) is 4.38. The average Bonchev–Trinajstić information content (AvgIpc) is 2.06. The molecule has 14 heavy (non-hydrogen) atoms. The van der Waals surface area contributed by atoms with Crippen molar-refractivity contribution in [3.05, 3.63) is 0 Å². The lowest BCUT2D eigenvalue weighted by molar-refractivity contribution is -0.190. The summed E-state index contributed by atoms with van der Waals surface area (Å²) < 4.78 is 36.2. The Balaban J connectivity index is 2.70. The predicted molar refractivity (Wildman–Crippen MR) is 42.5 cm³/mol. The van der Waals surface area contributed by atoms with E-state index in [9.17, 15) is 18.0 Å². The molecule has 0 unspecified atom stereocenters. The number of alkyl halides is 3. The number of halogens is 3. The first-order valence-corrected chi connectivity index (χ1v) is 4.38. The fraction of sp³-hybridized carbons (Fsp3) is 0.875. The first kappa shape index (κ1) is 11.3. The summed E-state index contributed by atoms with van der Waals surface area (Å²) in [6.45, 7) is 1.33. The van der Waals surface area contributed by atoms with Crippen LogP contribution in [-0.2, 0) is 4.79 Å². The van der Waals surface area contributed by atoms with Gasteiger partial charge in [0.1, 0.15) is 0 Å². The van der Waals surface area contributed by atoms with Gasteiger partial charge in [-0.05, 0) is 19.8 Å². The second-order valence-corrected chi connectivity index (χ2v) is 3.54. The molecular formula is C8H12F3NO2. The van der Waals surface area contributed by atoms with E-state index in [1.165, 1.54) is 0 Å². The molecule has 82 valence electrons. The number of hydrogen-bond acceptors (Lipinski definition) is 2. The fourth-order valence-electron chi connectivity index (χ4n) is 1.53. The molecule has 6 heteroatoms. The molecular weight excluding hydrogens is 199 g/mol. The van der Waals surface area contributed by atoms with Gasteiger partial charge in [-0.2, -0.15) is 13.2 Å². The molecule has 1 rings (SSSR count). The highest BCUT2D eigenvalue weighted by molar-refractivity contribution is 5.82. The van der Waals surface area contributed by atoms with Gasteiger partial charge in [-0.1, -0.05) is 0 Å². The minimum Gasteiger partial charge on any atom is -0.391 e. The van der Waals surface area contributed by atoms with Crippen LogP contribution in [0.1, 0.15) is 19.8 Å². The molecule has 1 saturated heterocycles. The molecule has 0 radical (unpaired) electrons. The molecule has 1 aliphatic rings. The number of carbonyl (C=O) groups is 1. The minimum absolute atomic E-state index is 0.223. The molecule has 0 aromatic carbocycles. The van der Waals surface area contributed by atoms with Crippen LogP contribution in [0.25, 0.3) is 0 Å². The second-order valence-electron chi connectivity index (χ2n) is 3.54. The summed E-state index contributed by atoms with van der Waals surface area (Å²) in [5.41, 5.74) is 0. The maximum absolute atomic E-state index is 12.1. The highest BCUT2D eigenvalue weighted by Crippen LogP contribution is 2.24. The van der Waals surface area contributed by atoms with Crippen molar-refractivity contribution in [3.8, 4) is 0 Å². The summed E-state index contributed by atoms with van der Waals surface area (Å²) in [5, 5.41) is 9.15. The monoisotopic (exact) mass is 211 g/mol. The number of likely N-dealkylation sites (tertiary alicyclic amines) is 1. The maximum Gasteiger partial charge on any atom is 0.471 e. The van der Waals surface area contributed by atoms with Gasteiger partial charge in [0.25, 0.3) is 0 Å². The quantitative estimate of drug-likeness (QED) is 0.647. The largest absolute Gasteiger partial charge is 0.471 e. The molecule has 0 aliphatic carbocycles. The van der Waals surface area contributed by atoms with Crippen molar-refractivity contribution in [2.75, 3.05) is 6.54 Å². The van der Waals surface area contributed by atoms with Crippen molar-refractivity contribution >= 4 is 5.91 Å².